The number of amides is 1. The second kappa shape index (κ2) is 9.05. The number of aldehydes is 1. The number of fused-ring (bicyclic) bond motifs is 2. The second-order valence-electron chi connectivity index (χ2n) is 10.3. The molecule has 12 heteroatoms. The molecule has 0 bridgehead atoms. The third kappa shape index (κ3) is 4.31. The summed E-state index contributed by atoms with van der Waals surface area (Å²) in [6.45, 7) is 5.73. The van der Waals surface area contributed by atoms with E-state index in [-0.39, 0.29) is 58.2 Å². The van der Waals surface area contributed by atoms with Gasteiger partial charge in [0.2, 0.25) is 5.89 Å². The summed E-state index contributed by atoms with van der Waals surface area (Å²) in [6, 6.07) is 3.69. The monoisotopic (exact) mass is 532 g/mol. The average Bonchev–Trinajstić information content (AvgIpc) is 3.51. The Morgan fingerprint density at radius 3 is 2.63 bits per heavy atom. The standard InChI is InChI=1S/C26H27F3N4O5/c1-12(30)22-21(24(35)33-10-18-15(16(33)11-34)9-25(2,3)38-18)32-23(37-22)14-5-7-17(36-4)20-13(14)6-8-19(31-20)26(27,28)29/h5-8,11-12,15-16,18H,9-10,30H2,1-4H3/t12-,15+,16+,18-/m0/s1. The lowest BCUT2D eigenvalue weighted by Gasteiger charge is -2.26. The number of rotatable bonds is 5. The van der Waals surface area contributed by atoms with Gasteiger partial charge >= 0.3 is 6.18 Å². The number of benzene rings is 1. The number of carbonyl (C=O) groups is 2. The van der Waals surface area contributed by atoms with Crippen molar-refractivity contribution in [2.45, 2.75) is 57.2 Å². The van der Waals surface area contributed by atoms with Crippen LogP contribution in [0.3, 0.4) is 0 Å². The minimum atomic E-state index is -4.65. The number of nitrogens with two attached hydrogens (primary N) is 1. The first-order valence-electron chi connectivity index (χ1n) is 12.1. The summed E-state index contributed by atoms with van der Waals surface area (Å²) in [4.78, 5) is 35.3. The zero-order valence-electron chi connectivity index (χ0n) is 21.2. The summed E-state index contributed by atoms with van der Waals surface area (Å²) in [5.41, 5.74) is 4.84. The first-order valence-corrected chi connectivity index (χ1v) is 12.1. The van der Waals surface area contributed by atoms with Crippen LogP contribution in [0.4, 0.5) is 13.2 Å². The van der Waals surface area contributed by atoms with Gasteiger partial charge in [-0.05, 0) is 51.5 Å². The maximum Gasteiger partial charge on any atom is 0.433 e. The number of alkyl halides is 3. The number of hydrogen-bond acceptors (Lipinski definition) is 8. The molecule has 2 aliphatic heterocycles. The van der Waals surface area contributed by atoms with Crippen molar-refractivity contribution in [3.8, 4) is 17.2 Å². The van der Waals surface area contributed by atoms with Crippen LogP contribution >= 0.6 is 0 Å². The third-order valence-electron chi connectivity index (χ3n) is 7.08. The van der Waals surface area contributed by atoms with Crippen molar-refractivity contribution in [3.05, 3.63) is 41.4 Å². The topological polar surface area (TPSA) is 121 Å². The fraction of sp³-hybridized carbons (Fsp3) is 0.462. The quantitative estimate of drug-likeness (QED) is 0.487. The molecule has 2 fully saturated rings. The van der Waals surface area contributed by atoms with Crippen molar-refractivity contribution in [1.82, 2.24) is 14.9 Å². The summed E-state index contributed by atoms with van der Waals surface area (Å²) in [7, 11) is 1.33. The summed E-state index contributed by atoms with van der Waals surface area (Å²) in [5, 5.41) is 0.283. The maximum atomic E-state index is 13.7. The first kappa shape index (κ1) is 26.1. The van der Waals surface area contributed by atoms with Gasteiger partial charge in [0.1, 0.15) is 23.2 Å². The fourth-order valence-corrected chi connectivity index (χ4v) is 5.44. The average molecular weight is 533 g/mol. The maximum absolute atomic E-state index is 13.7. The SMILES string of the molecule is COc1ccc(-c2nc(C(=O)N3C[C@@H]4OC(C)(C)C[C@@H]4[C@H]3C=O)c([C@H](C)N)o2)c2ccc(C(F)(F)F)nc12. The number of pyridine rings is 1. The van der Waals surface area contributed by atoms with Gasteiger partial charge in [0.05, 0.1) is 30.9 Å². The number of carbonyl (C=O) groups excluding carboxylic acids is 2. The number of nitrogens with zero attached hydrogens (tertiary/aromatic N) is 3. The molecule has 202 valence electrons. The molecule has 2 N–H and O–H groups in total. The third-order valence-corrected chi connectivity index (χ3v) is 7.08. The van der Waals surface area contributed by atoms with E-state index in [1.54, 1.807) is 13.0 Å². The molecule has 2 saturated heterocycles. The van der Waals surface area contributed by atoms with Crippen molar-refractivity contribution in [3.63, 3.8) is 0 Å². The van der Waals surface area contributed by atoms with Crippen LogP contribution in [-0.2, 0) is 15.7 Å². The van der Waals surface area contributed by atoms with Gasteiger partial charge < -0.3 is 29.3 Å². The Labute approximate surface area is 216 Å². The lowest BCUT2D eigenvalue weighted by Crippen LogP contribution is -2.41. The van der Waals surface area contributed by atoms with E-state index in [4.69, 9.17) is 19.6 Å². The van der Waals surface area contributed by atoms with Crippen LogP contribution in [0.5, 0.6) is 5.75 Å². The van der Waals surface area contributed by atoms with Gasteiger partial charge in [-0.15, -0.1) is 0 Å². The van der Waals surface area contributed by atoms with Gasteiger partial charge in [-0.3, -0.25) is 4.79 Å². The second-order valence-corrected chi connectivity index (χ2v) is 10.3. The Hall–Kier alpha value is -3.51. The normalized spacial score (nSPS) is 23.5. The molecule has 0 unspecified atom stereocenters. The van der Waals surface area contributed by atoms with Crippen LogP contribution in [0.1, 0.15) is 55.2 Å². The molecule has 1 amide bonds. The van der Waals surface area contributed by atoms with Crippen molar-refractivity contribution in [1.29, 1.82) is 0 Å². The lowest BCUT2D eigenvalue weighted by atomic mass is 9.91. The number of hydrogen-bond donors (Lipinski definition) is 1. The Morgan fingerprint density at radius 2 is 2.00 bits per heavy atom. The Morgan fingerprint density at radius 1 is 1.26 bits per heavy atom. The van der Waals surface area contributed by atoms with Crippen molar-refractivity contribution < 1.29 is 36.7 Å². The van der Waals surface area contributed by atoms with Crippen molar-refractivity contribution in [2.24, 2.45) is 11.7 Å². The van der Waals surface area contributed by atoms with Crippen LogP contribution in [0.25, 0.3) is 22.4 Å². The summed E-state index contributed by atoms with van der Waals surface area (Å²) < 4.78 is 57.2. The number of aromatic nitrogens is 2. The Kier molecular flexibility index (Phi) is 6.22. The van der Waals surface area contributed by atoms with Crippen LogP contribution in [0, 0.1) is 5.92 Å². The molecule has 0 aliphatic carbocycles. The number of methoxy groups -OCH3 is 1. The molecular weight excluding hydrogens is 505 g/mol. The molecule has 38 heavy (non-hydrogen) atoms. The van der Waals surface area contributed by atoms with Crippen LogP contribution in [0.2, 0.25) is 0 Å². The highest BCUT2D eigenvalue weighted by atomic mass is 19.4. The number of ether oxygens (including phenoxy) is 2. The zero-order chi connectivity index (χ0) is 27.6. The fourth-order valence-electron chi connectivity index (χ4n) is 5.44. The predicted octanol–water partition coefficient (Wildman–Crippen LogP) is 4.14. The molecule has 2 aliphatic rings. The van der Waals surface area contributed by atoms with E-state index in [0.717, 1.165) is 12.4 Å². The van der Waals surface area contributed by atoms with Gasteiger partial charge in [0.15, 0.2) is 11.5 Å². The molecule has 3 aromatic rings. The molecule has 2 aromatic heterocycles. The van der Waals surface area contributed by atoms with E-state index < -0.39 is 29.9 Å². The van der Waals surface area contributed by atoms with E-state index in [2.05, 4.69) is 9.97 Å². The van der Waals surface area contributed by atoms with Crippen LogP contribution in [-0.4, -0.2) is 58.5 Å². The van der Waals surface area contributed by atoms with Crippen molar-refractivity contribution in [2.75, 3.05) is 13.7 Å². The van der Waals surface area contributed by atoms with Gasteiger partial charge in [-0.1, -0.05) is 0 Å². The molecule has 4 heterocycles. The molecule has 5 rings (SSSR count). The lowest BCUT2D eigenvalue weighted by molar-refractivity contribution is -0.141. The highest BCUT2D eigenvalue weighted by Crippen LogP contribution is 2.43. The highest BCUT2D eigenvalue weighted by molar-refractivity contribution is 5.99. The highest BCUT2D eigenvalue weighted by Gasteiger charge is 2.53. The van der Waals surface area contributed by atoms with Gasteiger partial charge in [-0.25, -0.2) is 9.97 Å². The minimum absolute atomic E-state index is 0.0192. The Bertz CT molecular complexity index is 1420. The predicted molar refractivity (Wildman–Crippen MR) is 129 cm³/mol. The minimum Gasteiger partial charge on any atom is -0.494 e. The van der Waals surface area contributed by atoms with Crippen LogP contribution in [0.15, 0.2) is 28.7 Å². The molecular formula is C26H27F3N4O5. The van der Waals surface area contributed by atoms with E-state index in [9.17, 15) is 22.8 Å². The molecule has 1 aromatic carbocycles. The zero-order valence-corrected chi connectivity index (χ0v) is 21.2. The van der Waals surface area contributed by atoms with Gasteiger partial charge in [0.25, 0.3) is 5.91 Å². The van der Waals surface area contributed by atoms with Gasteiger partial charge in [-0.2, -0.15) is 13.2 Å². The van der Waals surface area contributed by atoms with E-state index in [1.807, 2.05) is 13.8 Å². The number of oxazole rings is 1. The summed E-state index contributed by atoms with van der Waals surface area (Å²) >= 11 is 0. The number of halogens is 3. The van der Waals surface area contributed by atoms with E-state index in [1.165, 1.54) is 24.1 Å². The number of likely N-dealkylation sites (tertiary alicyclic amines) is 1. The van der Waals surface area contributed by atoms with Gasteiger partial charge in [0, 0.05) is 23.4 Å². The summed E-state index contributed by atoms with van der Waals surface area (Å²) in [6.07, 6.45) is -3.56. The summed E-state index contributed by atoms with van der Waals surface area (Å²) in [5.74, 6) is -0.469. The first-order chi connectivity index (χ1) is 17.8. The van der Waals surface area contributed by atoms with E-state index >= 15 is 0 Å². The smallest absolute Gasteiger partial charge is 0.433 e. The largest absolute Gasteiger partial charge is 0.494 e. The van der Waals surface area contributed by atoms with Crippen molar-refractivity contribution >= 4 is 23.1 Å². The molecule has 9 nitrogen and oxygen atoms in total. The molecule has 4 atom stereocenters. The molecule has 0 radical (unpaired) electrons. The molecule has 0 saturated carbocycles. The van der Waals surface area contributed by atoms with Crippen LogP contribution < -0.4 is 10.5 Å². The Balaban J connectivity index is 1.57. The van der Waals surface area contributed by atoms with E-state index in [0.29, 0.717) is 12.0 Å². The molecule has 0 spiro atoms.